The second kappa shape index (κ2) is 6.58. The van der Waals surface area contributed by atoms with Crippen molar-refractivity contribution in [1.29, 1.82) is 0 Å². The number of hydrogen-bond acceptors (Lipinski definition) is 3. The molecule has 0 spiro atoms. The van der Waals surface area contributed by atoms with Crippen molar-refractivity contribution in [3.63, 3.8) is 0 Å². The van der Waals surface area contributed by atoms with Gasteiger partial charge in [0.25, 0.3) is 5.91 Å². The van der Waals surface area contributed by atoms with E-state index < -0.39 is 17.8 Å². The van der Waals surface area contributed by atoms with Crippen molar-refractivity contribution in [3.05, 3.63) is 34.9 Å². The molecule has 7 heteroatoms. The summed E-state index contributed by atoms with van der Waals surface area (Å²) in [6.07, 6.45) is 1.61. The zero-order chi connectivity index (χ0) is 15.4. The molecule has 0 bridgehead atoms. The zero-order valence-electron chi connectivity index (χ0n) is 11.2. The fourth-order valence-corrected chi connectivity index (χ4v) is 2.17. The Hall–Kier alpha value is -2.08. The summed E-state index contributed by atoms with van der Waals surface area (Å²) < 4.78 is 0. The lowest BCUT2D eigenvalue weighted by atomic mass is 10.2. The molecule has 2 N–H and O–H groups in total. The topological polar surface area (TPSA) is 86.7 Å². The maximum atomic E-state index is 12.0. The van der Waals surface area contributed by atoms with E-state index in [2.05, 4.69) is 5.32 Å². The lowest BCUT2D eigenvalue weighted by Gasteiger charge is -2.20. The molecule has 1 saturated carbocycles. The van der Waals surface area contributed by atoms with Crippen LogP contribution >= 0.6 is 11.6 Å². The Balaban J connectivity index is 1.92. The van der Waals surface area contributed by atoms with Gasteiger partial charge in [-0.15, -0.1) is 0 Å². The van der Waals surface area contributed by atoms with Gasteiger partial charge in [-0.2, -0.15) is 0 Å². The predicted octanol–water partition coefficient (Wildman–Crippen LogP) is 1.15. The van der Waals surface area contributed by atoms with Gasteiger partial charge in [0.2, 0.25) is 5.91 Å². The number of amides is 2. The highest BCUT2D eigenvalue weighted by Crippen LogP contribution is 2.26. The van der Waals surface area contributed by atoms with Crippen LogP contribution in [0.3, 0.4) is 0 Å². The van der Waals surface area contributed by atoms with Gasteiger partial charge in [0.1, 0.15) is 6.54 Å². The van der Waals surface area contributed by atoms with Crippen LogP contribution in [0.5, 0.6) is 0 Å². The number of hydrogen-bond donors (Lipinski definition) is 2. The zero-order valence-corrected chi connectivity index (χ0v) is 12.0. The first kappa shape index (κ1) is 15.3. The van der Waals surface area contributed by atoms with Gasteiger partial charge in [-0.3, -0.25) is 14.4 Å². The molecule has 2 amide bonds. The van der Waals surface area contributed by atoms with Gasteiger partial charge in [0, 0.05) is 6.04 Å². The number of carbonyl (C=O) groups excluding carboxylic acids is 2. The molecule has 1 aliphatic carbocycles. The molecule has 6 nitrogen and oxygen atoms in total. The van der Waals surface area contributed by atoms with Crippen molar-refractivity contribution < 1.29 is 19.5 Å². The highest BCUT2D eigenvalue weighted by Gasteiger charge is 2.33. The molecule has 0 aromatic heterocycles. The number of nitrogens with one attached hydrogen (secondary N) is 1. The minimum Gasteiger partial charge on any atom is -0.480 e. The second-order valence-electron chi connectivity index (χ2n) is 4.81. The maximum absolute atomic E-state index is 12.0. The third kappa shape index (κ3) is 4.19. The number of carbonyl (C=O) groups is 3. The summed E-state index contributed by atoms with van der Waals surface area (Å²) in [5, 5.41) is 11.6. The van der Waals surface area contributed by atoms with E-state index >= 15 is 0 Å². The van der Waals surface area contributed by atoms with Crippen molar-refractivity contribution >= 4 is 29.4 Å². The van der Waals surface area contributed by atoms with Crippen molar-refractivity contribution in [1.82, 2.24) is 10.2 Å². The molecule has 0 radical (unpaired) electrons. The first-order valence-corrected chi connectivity index (χ1v) is 6.91. The van der Waals surface area contributed by atoms with Crippen LogP contribution in [-0.4, -0.2) is 46.9 Å². The van der Waals surface area contributed by atoms with Crippen LogP contribution in [-0.2, 0) is 9.59 Å². The van der Waals surface area contributed by atoms with E-state index in [4.69, 9.17) is 16.7 Å². The van der Waals surface area contributed by atoms with E-state index in [-0.39, 0.29) is 24.7 Å². The smallest absolute Gasteiger partial charge is 0.323 e. The van der Waals surface area contributed by atoms with E-state index in [1.807, 2.05) is 0 Å². The number of benzene rings is 1. The monoisotopic (exact) mass is 310 g/mol. The van der Waals surface area contributed by atoms with Gasteiger partial charge in [-0.1, -0.05) is 23.7 Å². The molecule has 1 fully saturated rings. The average molecular weight is 311 g/mol. The number of carboxylic acids is 1. The Morgan fingerprint density at radius 2 is 1.95 bits per heavy atom. The molecule has 112 valence electrons. The average Bonchev–Trinajstić information content (AvgIpc) is 3.26. The summed E-state index contributed by atoms with van der Waals surface area (Å²) in [5.74, 6) is -1.92. The molecule has 0 atom stereocenters. The molecule has 1 aromatic carbocycles. The van der Waals surface area contributed by atoms with Crippen LogP contribution in [0.15, 0.2) is 24.3 Å². The molecule has 0 unspecified atom stereocenters. The third-order valence-corrected chi connectivity index (χ3v) is 3.46. The normalized spacial score (nSPS) is 13.6. The van der Waals surface area contributed by atoms with Crippen LogP contribution in [0.25, 0.3) is 0 Å². The summed E-state index contributed by atoms with van der Waals surface area (Å²) in [5.41, 5.74) is 0.281. The molecule has 2 rings (SSSR count). The molecule has 1 aromatic rings. The molecular weight excluding hydrogens is 296 g/mol. The highest BCUT2D eigenvalue weighted by molar-refractivity contribution is 6.33. The standard InChI is InChI=1S/C14H15ClN2O4/c15-11-4-2-1-3-10(11)14(21)16-7-12(18)17(8-13(19)20)9-5-6-9/h1-4,9H,5-8H2,(H,16,21)(H,19,20). The van der Waals surface area contributed by atoms with E-state index in [9.17, 15) is 14.4 Å². The van der Waals surface area contributed by atoms with Crippen LogP contribution in [0.1, 0.15) is 23.2 Å². The highest BCUT2D eigenvalue weighted by atomic mass is 35.5. The maximum Gasteiger partial charge on any atom is 0.323 e. The number of nitrogens with zero attached hydrogens (tertiary/aromatic N) is 1. The Kier molecular flexibility index (Phi) is 4.80. The lowest BCUT2D eigenvalue weighted by molar-refractivity contribution is -0.144. The molecule has 0 aliphatic heterocycles. The van der Waals surface area contributed by atoms with Gasteiger partial charge in [0.15, 0.2) is 0 Å². The van der Waals surface area contributed by atoms with Gasteiger partial charge >= 0.3 is 5.97 Å². The summed E-state index contributed by atoms with van der Waals surface area (Å²) >= 11 is 5.89. The van der Waals surface area contributed by atoms with Gasteiger partial charge in [0.05, 0.1) is 17.1 Å². The molecule has 1 aliphatic rings. The van der Waals surface area contributed by atoms with Crippen molar-refractivity contribution in [2.45, 2.75) is 18.9 Å². The number of carboxylic acid groups (broad SMARTS) is 1. The minimum atomic E-state index is -1.06. The van der Waals surface area contributed by atoms with Crippen molar-refractivity contribution in [3.8, 4) is 0 Å². The van der Waals surface area contributed by atoms with E-state index in [0.29, 0.717) is 5.02 Å². The minimum absolute atomic E-state index is 0.0224. The van der Waals surface area contributed by atoms with E-state index in [1.54, 1.807) is 24.3 Å². The van der Waals surface area contributed by atoms with Crippen molar-refractivity contribution in [2.75, 3.05) is 13.1 Å². The molecule has 0 heterocycles. The summed E-state index contributed by atoms with van der Waals surface area (Å²) in [6, 6.07) is 6.48. The van der Waals surface area contributed by atoms with Crippen LogP contribution in [0.4, 0.5) is 0 Å². The van der Waals surface area contributed by atoms with E-state index in [0.717, 1.165) is 12.8 Å². The number of aliphatic carboxylic acids is 1. The number of halogens is 1. The Labute approximate surface area is 126 Å². The quantitative estimate of drug-likeness (QED) is 0.825. The summed E-state index contributed by atoms with van der Waals surface area (Å²) in [6.45, 7) is -0.584. The lowest BCUT2D eigenvalue weighted by Crippen LogP contribution is -2.43. The summed E-state index contributed by atoms with van der Waals surface area (Å²) in [4.78, 5) is 36.0. The Bertz CT molecular complexity index is 572. The van der Waals surface area contributed by atoms with Crippen molar-refractivity contribution in [2.24, 2.45) is 0 Å². The Morgan fingerprint density at radius 3 is 2.52 bits per heavy atom. The first-order valence-electron chi connectivity index (χ1n) is 6.53. The Morgan fingerprint density at radius 1 is 1.29 bits per heavy atom. The fourth-order valence-electron chi connectivity index (χ4n) is 1.95. The van der Waals surface area contributed by atoms with Gasteiger partial charge in [-0.25, -0.2) is 0 Å². The van der Waals surface area contributed by atoms with E-state index in [1.165, 1.54) is 4.90 Å². The fraction of sp³-hybridized carbons (Fsp3) is 0.357. The first-order chi connectivity index (χ1) is 9.99. The molecule has 21 heavy (non-hydrogen) atoms. The predicted molar refractivity (Wildman–Crippen MR) is 76.2 cm³/mol. The summed E-state index contributed by atoms with van der Waals surface area (Å²) in [7, 11) is 0. The number of rotatable bonds is 6. The van der Waals surface area contributed by atoms with Crippen LogP contribution in [0.2, 0.25) is 5.02 Å². The van der Waals surface area contributed by atoms with Crippen LogP contribution in [0, 0.1) is 0 Å². The molecule has 0 saturated heterocycles. The molecular formula is C14H15ClN2O4. The SMILES string of the molecule is O=C(O)CN(C(=O)CNC(=O)c1ccccc1Cl)C1CC1. The second-order valence-corrected chi connectivity index (χ2v) is 5.22. The van der Waals surface area contributed by atoms with Gasteiger partial charge in [-0.05, 0) is 25.0 Å². The van der Waals surface area contributed by atoms with Gasteiger partial charge < -0.3 is 15.3 Å². The van der Waals surface area contributed by atoms with Crippen LogP contribution < -0.4 is 5.32 Å². The largest absolute Gasteiger partial charge is 0.480 e. The third-order valence-electron chi connectivity index (χ3n) is 3.13.